The van der Waals surface area contributed by atoms with Crippen molar-refractivity contribution in [3.05, 3.63) is 143 Å². The molecule has 12 rings (SSSR count). The van der Waals surface area contributed by atoms with Gasteiger partial charge in [0, 0.05) is 77.5 Å². The molecule has 14 heteroatoms. The molecule has 0 aliphatic heterocycles. The van der Waals surface area contributed by atoms with Gasteiger partial charge in [0.2, 0.25) is 0 Å². The molecule has 8 nitrogen and oxygen atoms in total. The third-order valence-corrected chi connectivity index (χ3v) is 14.1. The molecule has 8 bridgehead atoms. The molecule has 0 amide bonds. The third kappa shape index (κ3) is 13.9. The standard InChI is InChI=1S/C25H26O3.C14H10O3.C10H17NO.I3.I2.HI/c26-23(12-22-20-9-16-10-21(22)15-25(28,13-16)14-20)18-7-4-8-19(11-18)24(27)17-5-2-1-3-6-17;15-13(10-5-2-1-3-6-10)11-7-4-8-12(9-11)14(16)17;11-9-7-1-6-2-8(9)5-10(12,3-6)4-7;1-3-2;1-2;/h1-8,11,16,20-22,28H,9-10,12-15H2;1-9H,(H,16,17);6-9,12H,1-5,11H2;;;1H/q;;;-1;;. The van der Waals surface area contributed by atoms with Gasteiger partial charge in [0.1, 0.15) is 0 Å². The van der Waals surface area contributed by atoms with E-state index in [9.17, 15) is 29.4 Å². The zero-order chi connectivity index (χ0) is 44.6. The van der Waals surface area contributed by atoms with Gasteiger partial charge in [-0.25, -0.2) is 4.79 Å². The number of Topliss-reactive ketones (excluding diaryl/α,β-unsaturated/α-hetero) is 1. The number of carbonyl (C=O) groups excluding carboxylic acids is 3. The van der Waals surface area contributed by atoms with Crippen molar-refractivity contribution >= 4 is 122 Å². The maximum Gasteiger partial charge on any atom is 0.335 e. The Bertz CT molecular complexity index is 2150. The molecule has 340 valence electrons. The van der Waals surface area contributed by atoms with Gasteiger partial charge in [0.25, 0.3) is 0 Å². The maximum absolute atomic E-state index is 13.1. The van der Waals surface area contributed by atoms with Crippen molar-refractivity contribution in [2.24, 2.45) is 47.2 Å². The van der Waals surface area contributed by atoms with E-state index < -0.39 is 11.6 Å². The minimum absolute atomic E-state index is 0. The Balaban J connectivity index is 0.000000182. The normalized spacial score (nSPS) is 29.7. The summed E-state index contributed by atoms with van der Waals surface area (Å²) >= 11 is 9.54. The van der Waals surface area contributed by atoms with Crippen LogP contribution in [0.25, 0.3) is 0 Å². The van der Waals surface area contributed by atoms with E-state index in [1.165, 1.54) is 37.8 Å². The van der Waals surface area contributed by atoms with E-state index in [2.05, 4.69) is 74.5 Å². The summed E-state index contributed by atoms with van der Waals surface area (Å²) in [6, 6.07) is 31.6. The van der Waals surface area contributed by atoms with Crippen LogP contribution in [-0.4, -0.2) is 55.9 Å². The summed E-state index contributed by atoms with van der Waals surface area (Å²) in [4.78, 5) is 48.6. The van der Waals surface area contributed by atoms with Crippen molar-refractivity contribution in [1.82, 2.24) is 0 Å². The van der Waals surface area contributed by atoms with Crippen molar-refractivity contribution < 1.29 is 47.8 Å². The molecule has 5 N–H and O–H groups in total. The molecule has 0 saturated heterocycles. The first-order valence-electron chi connectivity index (χ1n) is 21.1. The number of hydrogen-bond acceptors (Lipinski definition) is 7. The minimum Gasteiger partial charge on any atom is -0.478 e. The Labute approximate surface area is 441 Å². The van der Waals surface area contributed by atoms with Crippen LogP contribution in [0.4, 0.5) is 0 Å². The predicted octanol–water partition coefficient (Wildman–Crippen LogP) is 9.34. The second-order valence-corrected chi connectivity index (χ2v) is 34.4. The predicted molar refractivity (Wildman–Crippen MR) is 289 cm³/mol. The van der Waals surface area contributed by atoms with Crippen LogP contribution in [0.1, 0.15) is 123 Å². The van der Waals surface area contributed by atoms with Crippen molar-refractivity contribution in [3.63, 3.8) is 0 Å². The molecule has 4 unspecified atom stereocenters. The number of aromatic carboxylic acids is 1. The van der Waals surface area contributed by atoms with Gasteiger partial charge in [-0.1, -0.05) is 91.0 Å². The van der Waals surface area contributed by atoms with Gasteiger partial charge in [-0.15, -0.1) is 24.0 Å². The number of benzene rings is 4. The molecule has 8 saturated carbocycles. The average Bonchev–Trinajstić information content (AvgIpc) is 3.27. The number of ketones is 3. The van der Waals surface area contributed by atoms with E-state index in [4.69, 9.17) is 10.8 Å². The number of carboxylic acids is 1. The first-order valence-corrected chi connectivity index (χ1v) is 40.0. The van der Waals surface area contributed by atoms with Crippen molar-refractivity contribution in [2.75, 3.05) is 0 Å². The van der Waals surface area contributed by atoms with Crippen molar-refractivity contribution in [2.45, 2.75) is 87.9 Å². The molecule has 4 aromatic carbocycles. The van der Waals surface area contributed by atoms with E-state index in [-0.39, 0.29) is 52.5 Å². The molecule has 4 atom stereocenters. The molecular weight excluding hydrogens is 1480 g/mol. The first-order chi connectivity index (χ1) is 29.8. The van der Waals surface area contributed by atoms with E-state index in [1.807, 2.05) is 36.4 Å². The Kier molecular flexibility index (Phi) is 21.1. The zero-order valence-corrected chi connectivity index (χ0v) is 47.8. The van der Waals surface area contributed by atoms with Gasteiger partial charge in [0.15, 0.2) is 17.3 Å². The van der Waals surface area contributed by atoms with Crippen LogP contribution in [0.5, 0.6) is 0 Å². The number of hydrogen-bond donors (Lipinski definition) is 4. The van der Waals surface area contributed by atoms with Crippen molar-refractivity contribution in [1.29, 1.82) is 0 Å². The Morgan fingerprint density at radius 3 is 1.32 bits per heavy atom. The minimum atomic E-state index is -1.03. The largest absolute Gasteiger partial charge is 0.478 e. The average molecular weight is 1530 g/mol. The van der Waals surface area contributed by atoms with Crippen molar-refractivity contribution in [3.8, 4) is 0 Å². The smallest absolute Gasteiger partial charge is 0.335 e. The monoisotopic (exact) mass is 1530 g/mol. The van der Waals surface area contributed by atoms with Crippen LogP contribution >= 0.6 is 98.4 Å². The van der Waals surface area contributed by atoms with Gasteiger partial charge >= 0.3 is 56.5 Å². The van der Waals surface area contributed by atoms with Crippen LogP contribution in [0.15, 0.2) is 109 Å². The third-order valence-electron chi connectivity index (χ3n) is 14.1. The fourth-order valence-electron chi connectivity index (χ4n) is 11.9. The number of carboxylic acid groups (broad SMARTS) is 1. The van der Waals surface area contributed by atoms with Gasteiger partial charge < -0.3 is 21.1 Å². The Morgan fingerprint density at radius 2 is 0.905 bits per heavy atom. The van der Waals surface area contributed by atoms with Gasteiger partial charge in [0.05, 0.1) is 16.8 Å². The summed E-state index contributed by atoms with van der Waals surface area (Å²) in [7, 11) is 0. The molecule has 0 spiro atoms. The van der Waals surface area contributed by atoms with E-state index in [0.29, 0.717) is 89.0 Å². The van der Waals surface area contributed by atoms with Gasteiger partial charge in [-0.3, -0.25) is 14.4 Å². The van der Waals surface area contributed by atoms with E-state index in [0.717, 1.165) is 44.4 Å². The molecule has 8 aliphatic rings. The summed E-state index contributed by atoms with van der Waals surface area (Å²) in [5.41, 5.74) is 8.25. The topological polar surface area (TPSA) is 155 Å². The summed E-state index contributed by atoms with van der Waals surface area (Å²) in [5, 5.41) is 29.8. The van der Waals surface area contributed by atoms with Crippen LogP contribution in [0.3, 0.4) is 0 Å². The molecule has 0 radical (unpaired) electrons. The fraction of sp³-hybridized carbons (Fsp3) is 0.429. The second kappa shape index (κ2) is 24.8. The molecule has 8 aliphatic carbocycles. The van der Waals surface area contributed by atoms with Crippen LogP contribution in [0, 0.1) is 41.4 Å². The summed E-state index contributed by atoms with van der Waals surface area (Å²) in [6.07, 6.45) is 11.2. The van der Waals surface area contributed by atoms with Crippen LogP contribution in [-0.2, 0) is 0 Å². The number of halogens is 6. The quantitative estimate of drug-likeness (QED) is 0.101. The zero-order valence-electron chi connectivity index (χ0n) is 34.6. The summed E-state index contributed by atoms with van der Waals surface area (Å²) in [5.74, 6) is 2.96. The fourth-order valence-corrected chi connectivity index (χ4v) is 11.9. The van der Waals surface area contributed by atoms with Gasteiger partial charge in [-0.2, -0.15) is 0 Å². The van der Waals surface area contributed by atoms with Gasteiger partial charge in [-0.05, 0) is 124 Å². The Hall–Kier alpha value is -0.380. The summed E-state index contributed by atoms with van der Waals surface area (Å²) in [6.45, 7) is 0. The van der Waals surface area contributed by atoms with Crippen LogP contribution in [0.2, 0.25) is 0 Å². The molecule has 4 aromatic rings. The molecule has 63 heavy (non-hydrogen) atoms. The number of nitrogens with two attached hydrogens (primary N) is 1. The first kappa shape index (κ1) is 53.6. The molecular formula is C49H54I6NO7-. The van der Waals surface area contributed by atoms with E-state index >= 15 is 0 Å². The van der Waals surface area contributed by atoms with Crippen LogP contribution < -0.4 is 19.0 Å². The maximum atomic E-state index is 13.1. The van der Waals surface area contributed by atoms with E-state index in [1.54, 1.807) is 60.7 Å². The molecule has 0 aromatic heterocycles. The number of carbonyl (C=O) groups is 4. The Morgan fingerprint density at radius 1 is 0.556 bits per heavy atom. The molecule has 0 heterocycles. The number of aliphatic hydroxyl groups is 2. The SMILES string of the molecule is I.II.I[I-]I.NC1C2CC3CC1CC(O)(C3)C2.O=C(CC1C2CC3CC1CC(O)(C3)C2)c1cccc(C(=O)c2ccccc2)c1.O=C(O)c1cccc(C(=O)c2ccccc2)c1. The number of rotatable bonds is 8. The molecule has 8 fully saturated rings. The summed E-state index contributed by atoms with van der Waals surface area (Å²) < 4.78 is 0. The second-order valence-electron chi connectivity index (χ2n) is 18.2.